The number of ether oxygens (including phenoxy) is 3. The van der Waals surface area contributed by atoms with Crippen LogP contribution in [-0.4, -0.2) is 44.6 Å². The highest BCUT2D eigenvalue weighted by Gasteiger charge is 2.10. The third-order valence-electron chi connectivity index (χ3n) is 2.07. The van der Waals surface area contributed by atoms with Crippen LogP contribution in [0.3, 0.4) is 0 Å². The molecule has 0 aliphatic rings. The summed E-state index contributed by atoms with van der Waals surface area (Å²) in [4.78, 5) is 11.2. The molecule has 0 amide bonds. The van der Waals surface area contributed by atoms with Gasteiger partial charge >= 0.3 is 5.97 Å². The van der Waals surface area contributed by atoms with Crippen LogP contribution in [0.5, 0.6) is 5.75 Å². The second-order valence-corrected chi connectivity index (χ2v) is 3.32. The van der Waals surface area contributed by atoms with Crippen LogP contribution in [0.4, 0.5) is 4.39 Å². The Morgan fingerprint density at radius 3 is 2.78 bits per heavy atom. The van der Waals surface area contributed by atoms with Gasteiger partial charge in [-0.05, 0) is 18.2 Å². The maximum absolute atomic E-state index is 13.4. The van der Waals surface area contributed by atoms with Crippen molar-refractivity contribution in [2.45, 2.75) is 0 Å². The van der Waals surface area contributed by atoms with Crippen LogP contribution < -0.4 is 4.74 Å². The lowest BCUT2D eigenvalue weighted by molar-refractivity contribution is 0.0598. The van der Waals surface area contributed by atoms with Crippen LogP contribution in [0.1, 0.15) is 10.4 Å². The predicted molar refractivity (Wildman–Crippen MR) is 61.1 cm³/mol. The molecule has 0 aromatic heterocycles. The lowest BCUT2D eigenvalue weighted by Gasteiger charge is -2.08. The molecule has 100 valence electrons. The smallest absolute Gasteiger partial charge is 0.337 e. The summed E-state index contributed by atoms with van der Waals surface area (Å²) >= 11 is 0. The topological polar surface area (TPSA) is 65.0 Å². The zero-order valence-electron chi connectivity index (χ0n) is 10.0. The van der Waals surface area contributed by atoms with Crippen molar-refractivity contribution in [3.8, 4) is 5.75 Å². The largest absolute Gasteiger partial charge is 0.488 e. The molecule has 0 aliphatic carbocycles. The summed E-state index contributed by atoms with van der Waals surface area (Å²) in [5, 5.41) is 8.47. The number of aliphatic hydroxyl groups excluding tert-OH is 1. The van der Waals surface area contributed by atoms with E-state index in [9.17, 15) is 9.18 Å². The van der Waals surface area contributed by atoms with Gasteiger partial charge in [0.15, 0.2) is 11.6 Å². The fourth-order valence-electron chi connectivity index (χ4n) is 1.24. The molecule has 0 atom stereocenters. The molecule has 0 saturated carbocycles. The Hall–Kier alpha value is -1.66. The van der Waals surface area contributed by atoms with E-state index in [1.807, 2.05) is 0 Å². The number of benzene rings is 1. The number of hydrogen-bond donors (Lipinski definition) is 1. The first-order chi connectivity index (χ1) is 8.69. The Kier molecular flexibility index (Phi) is 6.10. The first-order valence-electron chi connectivity index (χ1n) is 5.38. The van der Waals surface area contributed by atoms with Gasteiger partial charge < -0.3 is 19.3 Å². The maximum atomic E-state index is 13.4. The third-order valence-corrected chi connectivity index (χ3v) is 2.07. The minimum atomic E-state index is -0.565. The number of esters is 1. The molecule has 0 saturated heterocycles. The molecule has 1 rings (SSSR count). The zero-order valence-corrected chi connectivity index (χ0v) is 10.0. The fraction of sp³-hybridized carbons (Fsp3) is 0.417. The van der Waals surface area contributed by atoms with Gasteiger partial charge in [-0.15, -0.1) is 0 Å². The molecular weight excluding hydrogens is 243 g/mol. The molecule has 0 aliphatic heterocycles. The summed E-state index contributed by atoms with van der Waals surface area (Å²) < 4.78 is 28.0. The van der Waals surface area contributed by atoms with E-state index in [2.05, 4.69) is 4.74 Å². The minimum absolute atomic E-state index is 0.0366. The van der Waals surface area contributed by atoms with Gasteiger partial charge in [0.25, 0.3) is 0 Å². The average molecular weight is 258 g/mol. The van der Waals surface area contributed by atoms with Crippen molar-refractivity contribution in [3.05, 3.63) is 29.6 Å². The van der Waals surface area contributed by atoms with E-state index in [0.29, 0.717) is 0 Å². The molecule has 6 heteroatoms. The van der Waals surface area contributed by atoms with Gasteiger partial charge in [0, 0.05) is 0 Å². The molecule has 1 N–H and O–H groups in total. The Balaban J connectivity index is 2.56. The second-order valence-electron chi connectivity index (χ2n) is 3.32. The van der Waals surface area contributed by atoms with Crippen molar-refractivity contribution in [1.29, 1.82) is 0 Å². The van der Waals surface area contributed by atoms with Gasteiger partial charge in [-0.2, -0.15) is 0 Å². The van der Waals surface area contributed by atoms with Crippen LogP contribution in [0.25, 0.3) is 0 Å². The summed E-state index contributed by atoms with van der Waals surface area (Å²) in [6.45, 7) is 0.476. The van der Waals surface area contributed by atoms with E-state index < -0.39 is 11.8 Å². The van der Waals surface area contributed by atoms with Crippen molar-refractivity contribution in [2.75, 3.05) is 33.5 Å². The number of methoxy groups -OCH3 is 1. The number of carbonyl (C=O) groups is 1. The van der Waals surface area contributed by atoms with Crippen molar-refractivity contribution in [2.24, 2.45) is 0 Å². The van der Waals surface area contributed by atoms with E-state index in [0.717, 1.165) is 6.07 Å². The molecular formula is C12H15FO5. The van der Waals surface area contributed by atoms with Crippen molar-refractivity contribution < 1.29 is 28.5 Å². The fourth-order valence-corrected chi connectivity index (χ4v) is 1.24. The van der Waals surface area contributed by atoms with Gasteiger partial charge in [0.1, 0.15) is 6.61 Å². The summed E-state index contributed by atoms with van der Waals surface area (Å²) in [6.07, 6.45) is 0. The highest BCUT2D eigenvalue weighted by molar-refractivity contribution is 5.89. The molecule has 0 unspecified atom stereocenters. The van der Waals surface area contributed by atoms with Crippen LogP contribution in [-0.2, 0) is 9.47 Å². The summed E-state index contributed by atoms with van der Waals surface area (Å²) in [6, 6.07) is 3.72. The number of carbonyl (C=O) groups excluding carboxylic acids is 1. The number of halogens is 1. The molecule has 18 heavy (non-hydrogen) atoms. The molecule has 0 spiro atoms. The van der Waals surface area contributed by atoms with Crippen molar-refractivity contribution in [1.82, 2.24) is 0 Å². The van der Waals surface area contributed by atoms with Crippen LogP contribution in [0, 0.1) is 5.82 Å². The predicted octanol–water partition coefficient (Wildman–Crippen LogP) is 1.00. The molecule has 1 aromatic carbocycles. The summed E-state index contributed by atoms with van der Waals surface area (Å²) in [5.41, 5.74) is 0.213. The zero-order chi connectivity index (χ0) is 13.4. The molecule has 0 radical (unpaired) electrons. The van der Waals surface area contributed by atoms with Gasteiger partial charge in [-0.25, -0.2) is 9.18 Å². The average Bonchev–Trinajstić information content (AvgIpc) is 2.39. The van der Waals surface area contributed by atoms with Gasteiger partial charge in [-0.3, -0.25) is 0 Å². The monoisotopic (exact) mass is 258 g/mol. The van der Waals surface area contributed by atoms with E-state index in [1.54, 1.807) is 0 Å². The number of hydrogen-bond acceptors (Lipinski definition) is 5. The van der Waals surface area contributed by atoms with Crippen molar-refractivity contribution in [3.63, 3.8) is 0 Å². The Morgan fingerprint density at radius 1 is 1.33 bits per heavy atom. The normalized spacial score (nSPS) is 10.2. The second kappa shape index (κ2) is 7.62. The first kappa shape index (κ1) is 14.4. The number of aliphatic hydroxyl groups is 1. The molecule has 0 bridgehead atoms. The quantitative estimate of drug-likeness (QED) is 0.584. The minimum Gasteiger partial charge on any atom is -0.488 e. The van der Waals surface area contributed by atoms with E-state index in [4.69, 9.17) is 14.6 Å². The van der Waals surface area contributed by atoms with E-state index in [-0.39, 0.29) is 37.7 Å². The first-order valence-corrected chi connectivity index (χ1v) is 5.38. The standard InChI is InChI=1S/C12H15FO5/c1-16-12(15)9-2-3-10(13)11(8-9)18-7-6-17-5-4-14/h2-3,8,14H,4-7H2,1H3. The van der Waals surface area contributed by atoms with Crippen LogP contribution in [0.2, 0.25) is 0 Å². The summed E-state index contributed by atoms with van der Waals surface area (Å²) in [7, 11) is 1.24. The lowest BCUT2D eigenvalue weighted by Crippen LogP contribution is -2.10. The SMILES string of the molecule is COC(=O)c1ccc(F)c(OCCOCCO)c1. The highest BCUT2D eigenvalue weighted by atomic mass is 19.1. The maximum Gasteiger partial charge on any atom is 0.337 e. The molecule has 1 aromatic rings. The Labute approximate surface area is 104 Å². The summed E-state index contributed by atoms with van der Waals surface area (Å²) in [5.74, 6) is -1.16. The van der Waals surface area contributed by atoms with Gasteiger partial charge in [0.2, 0.25) is 0 Å². The third kappa shape index (κ3) is 4.31. The lowest BCUT2D eigenvalue weighted by atomic mass is 10.2. The van der Waals surface area contributed by atoms with Crippen LogP contribution in [0.15, 0.2) is 18.2 Å². The highest BCUT2D eigenvalue weighted by Crippen LogP contribution is 2.19. The Morgan fingerprint density at radius 2 is 2.11 bits per heavy atom. The van der Waals surface area contributed by atoms with E-state index >= 15 is 0 Å². The molecule has 0 heterocycles. The molecule has 5 nitrogen and oxygen atoms in total. The van der Waals surface area contributed by atoms with Crippen LogP contribution >= 0.6 is 0 Å². The van der Waals surface area contributed by atoms with Crippen molar-refractivity contribution >= 4 is 5.97 Å². The Bertz CT molecular complexity index is 394. The number of rotatable bonds is 7. The van der Waals surface area contributed by atoms with Gasteiger partial charge in [-0.1, -0.05) is 0 Å². The van der Waals surface area contributed by atoms with E-state index in [1.165, 1.54) is 19.2 Å². The van der Waals surface area contributed by atoms with Gasteiger partial charge in [0.05, 0.1) is 32.5 Å². The molecule has 0 fully saturated rings.